The van der Waals surface area contributed by atoms with E-state index in [0.29, 0.717) is 51.7 Å². The number of benzene rings is 3. The normalized spacial score (nSPS) is 11.2. The number of carbonyl (C=O) groups excluding carboxylic acids is 2. The Bertz CT molecular complexity index is 1540. The second kappa shape index (κ2) is 11.6. The Morgan fingerprint density at radius 1 is 0.925 bits per heavy atom. The Hall–Kier alpha value is -4.66. The summed E-state index contributed by atoms with van der Waals surface area (Å²) < 4.78 is 32.2. The van der Waals surface area contributed by atoms with Gasteiger partial charge < -0.3 is 19.5 Å². The van der Waals surface area contributed by atoms with E-state index in [9.17, 15) is 14.0 Å². The summed E-state index contributed by atoms with van der Waals surface area (Å²) in [6.45, 7) is 7.28. The number of methoxy groups -OCH3 is 2. The highest BCUT2D eigenvalue weighted by atomic mass is 19.1. The topological polar surface area (TPSA) is 91.7 Å². The largest absolute Gasteiger partial charge is 0.493 e. The molecule has 4 rings (SSSR count). The molecule has 9 heteroatoms. The van der Waals surface area contributed by atoms with Gasteiger partial charge in [-0.1, -0.05) is 39.0 Å². The van der Waals surface area contributed by atoms with Crippen LogP contribution in [-0.4, -0.2) is 35.9 Å². The Kier molecular flexibility index (Phi) is 8.23. The van der Waals surface area contributed by atoms with Crippen molar-refractivity contribution in [2.75, 3.05) is 19.5 Å². The zero-order chi connectivity index (χ0) is 29.0. The highest BCUT2D eigenvalue weighted by Gasteiger charge is 2.26. The third-order valence-corrected chi connectivity index (χ3v) is 5.94. The molecular formula is C31H32FN3O5. The number of nitrogens with one attached hydrogen (secondary N) is 1. The summed E-state index contributed by atoms with van der Waals surface area (Å²) >= 11 is 0. The van der Waals surface area contributed by atoms with Crippen LogP contribution in [0.1, 0.15) is 34.1 Å². The van der Waals surface area contributed by atoms with Crippen molar-refractivity contribution in [3.05, 3.63) is 72.5 Å². The van der Waals surface area contributed by atoms with E-state index in [1.54, 1.807) is 55.6 Å². The summed E-state index contributed by atoms with van der Waals surface area (Å²) in [6.07, 6.45) is 0.370. The van der Waals surface area contributed by atoms with E-state index in [1.165, 1.54) is 30.8 Å². The standard InChI is InChI=1S/C31H32FN3O5/c1-19(36)40-30-28(20-10-13-23(14-11-20)33-27(37)18-31(2,3)4)29(21-12-15-25(38-5)26(16-21)39-6)34-35(30)24-9-7-8-22(32)17-24/h7-17H,18H2,1-6H3,(H,33,37). The fraction of sp³-hybridized carbons (Fsp3) is 0.258. The molecule has 0 radical (unpaired) electrons. The lowest BCUT2D eigenvalue weighted by atomic mass is 9.92. The number of hydrogen-bond acceptors (Lipinski definition) is 6. The van der Waals surface area contributed by atoms with E-state index in [-0.39, 0.29) is 17.2 Å². The zero-order valence-electron chi connectivity index (χ0n) is 23.4. The van der Waals surface area contributed by atoms with Gasteiger partial charge in [0.2, 0.25) is 11.8 Å². The zero-order valence-corrected chi connectivity index (χ0v) is 23.4. The van der Waals surface area contributed by atoms with E-state index in [1.807, 2.05) is 26.8 Å². The lowest BCUT2D eigenvalue weighted by Crippen LogP contribution is -2.19. The number of amides is 1. The molecule has 1 heterocycles. The number of ether oxygens (including phenoxy) is 3. The first-order valence-corrected chi connectivity index (χ1v) is 12.7. The van der Waals surface area contributed by atoms with Gasteiger partial charge in [0.05, 0.1) is 25.5 Å². The van der Waals surface area contributed by atoms with Crippen molar-refractivity contribution in [1.29, 1.82) is 0 Å². The van der Waals surface area contributed by atoms with Crippen LogP contribution in [0, 0.1) is 11.2 Å². The molecule has 0 saturated carbocycles. The molecule has 0 fully saturated rings. The molecule has 40 heavy (non-hydrogen) atoms. The number of halogens is 1. The summed E-state index contributed by atoms with van der Waals surface area (Å²) in [7, 11) is 3.08. The molecular weight excluding hydrogens is 513 g/mol. The molecule has 1 N–H and O–H groups in total. The highest BCUT2D eigenvalue weighted by molar-refractivity contribution is 5.92. The van der Waals surface area contributed by atoms with Crippen molar-refractivity contribution in [1.82, 2.24) is 9.78 Å². The third kappa shape index (κ3) is 6.48. The molecule has 0 saturated heterocycles. The van der Waals surface area contributed by atoms with Gasteiger partial charge in [-0.05, 0) is 59.5 Å². The number of esters is 1. The molecule has 3 aromatic carbocycles. The quantitative estimate of drug-likeness (QED) is 0.249. The minimum absolute atomic E-state index is 0.0919. The molecule has 1 amide bonds. The smallest absolute Gasteiger partial charge is 0.309 e. The van der Waals surface area contributed by atoms with E-state index < -0.39 is 11.8 Å². The van der Waals surface area contributed by atoms with Gasteiger partial charge in [-0.25, -0.2) is 4.39 Å². The number of anilines is 1. The maximum Gasteiger partial charge on any atom is 0.309 e. The molecule has 0 aliphatic rings. The fourth-order valence-electron chi connectivity index (χ4n) is 4.27. The summed E-state index contributed by atoms with van der Waals surface area (Å²) in [4.78, 5) is 24.7. The minimum Gasteiger partial charge on any atom is -0.493 e. The van der Waals surface area contributed by atoms with Crippen molar-refractivity contribution >= 4 is 17.6 Å². The highest BCUT2D eigenvalue weighted by Crippen LogP contribution is 2.43. The Morgan fingerprint density at radius 2 is 1.60 bits per heavy atom. The number of aromatic nitrogens is 2. The molecule has 0 spiro atoms. The average Bonchev–Trinajstić information content (AvgIpc) is 3.26. The maximum absolute atomic E-state index is 14.2. The second-order valence-electron chi connectivity index (χ2n) is 10.4. The average molecular weight is 546 g/mol. The number of rotatable bonds is 8. The molecule has 8 nitrogen and oxygen atoms in total. The van der Waals surface area contributed by atoms with Gasteiger partial charge in [0, 0.05) is 24.6 Å². The van der Waals surface area contributed by atoms with Crippen LogP contribution in [0.3, 0.4) is 0 Å². The first-order valence-electron chi connectivity index (χ1n) is 12.7. The summed E-state index contributed by atoms with van der Waals surface area (Å²) in [5.41, 5.74) is 3.12. The van der Waals surface area contributed by atoms with Gasteiger partial charge in [0.25, 0.3) is 0 Å². The molecule has 1 aromatic heterocycles. The number of nitrogens with zero attached hydrogens (tertiary/aromatic N) is 2. The van der Waals surface area contributed by atoms with Gasteiger partial charge in [-0.15, -0.1) is 0 Å². The summed E-state index contributed by atoms with van der Waals surface area (Å²) in [5, 5.41) is 7.69. The summed E-state index contributed by atoms with van der Waals surface area (Å²) in [5.74, 6) is 0.0124. The molecule has 4 aromatic rings. The van der Waals surface area contributed by atoms with Crippen LogP contribution in [-0.2, 0) is 9.59 Å². The number of hydrogen-bond donors (Lipinski definition) is 1. The molecule has 0 atom stereocenters. The van der Waals surface area contributed by atoms with E-state index in [2.05, 4.69) is 5.32 Å². The van der Waals surface area contributed by atoms with E-state index in [4.69, 9.17) is 19.3 Å². The lowest BCUT2D eigenvalue weighted by molar-refractivity contribution is -0.132. The van der Waals surface area contributed by atoms with E-state index >= 15 is 0 Å². The summed E-state index contributed by atoms with van der Waals surface area (Å²) in [6, 6.07) is 18.3. The van der Waals surface area contributed by atoms with Crippen molar-refractivity contribution in [2.45, 2.75) is 34.1 Å². The van der Waals surface area contributed by atoms with Gasteiger partial charge in [0.1, 0.15) is 11.5 Å². The van der Waals surface area contributed by atoms with Crippen molar-refractivity contribution in [2.24, 2.45) is 5.41 Å². The predicted molar refractivity (Wildman–Crippen MR) is 152 cm³/mol. The van der Waals surface area contributed by atoms with Crippen LogP contribution in [0.25, 0.3) is 28.1 Å². The minimum atomic E-state index is -0.566. The van der Waals surface area contributed by atoms with Crippen molar-refractivity contribution in [3.63, 3.8) is 0 Å². The van der Waals surface area contributed by atoms with Crippen LogP contribution in [0.4, 0.5) is 10.1 Å². The molecule has 208 valence electrons. The predicted octanol–water partition coefficient (Wildman–Crippen LogP) is 6.66. The first kappa shape index (κ1) is 28.4. The lowest BCUT2D eigenvalue weighted by Gasteiger charge is -2.17. The van der Waals surface area contributed by atoms with Crippen molar-refractivity contribution < 1.29 is 28.2 Å². The second-order valence-corrected chi connectivity index (χ2v) is 10.4. The van der Waals surface area contributed by atoms with Crippen molar-refractivity contribution in [3.8, 4) is 45.5 Å². The van der Waals surface area contributed by atoms with Gasteiger partial charge in [0.15, 0.2) is 11.5 Å². The molecule has 0 bridgehead atoms. The Labute approximate surface area is 232 Å². The SMILES string of the molecule is COc1ccc(-c2nn(-c3cccc(F)c3)c(OC(C)=O)c2-c2ccc(NC(=O)CC(C)(C)C)cc2)cc1OC. The first-order chi connectivity index (χ1) is 19.0. The Balaban J connectivity index is 1.89. The van der Waals surface area contributed by atoms with E-state index in [0.717, 1.165) is 0 Å². The fourth-order valence-corrected chi connectivity index (χ4v) is 4.27. The van der Waals surface area contributed by atoms with Crippen LogP contribution in [0.2, 0.25) is 0 Å². The monoisotopic (exact) mass is 545 g/mol. The van der Waals surface area contributed by atoms with Gasteiger partial charge in [-0.2, -0.15) is 9.78 Å². The van der Waals surface area contributed by atoms with Crippen LogP contribution >= 0.6 is 0 Å². The third-order valence-electron chi connectivity index (χ3n) is 5.94. The number of carbonyl (C=O) groups is 2. The van der Waals surface area contributed by atoms with Crippen LogP contribution in [0.5, 0.6) is 17.4 Å². The van der Waals surface area contributed by atoms with Gasteiger partial charge >= 0.3 is 5.97 Å². The maximum atomic E-state index is 14.2. The van der Waals surface area contributed by atoms with Gasteiger partial charge in [-0.3, -0.25) is 9.59 Å². The Morgan fingerprint density at radius 3 is 2.20 bits per heavy atom. The molecule has 0 aliphatic heterocycles. The van der Waals surface area contributed by atoms with Crippen LogP contribution in [0.15, 0.2) is 66.7 Å². The molecule has 0 unspecified atom stereocenters. The van der Waals surface area contributed by atoms with Crippen LogP contribution < -0.4 is 19.5 Å². The molecule has 0 aliphatic carbocycles.